The Labute approximate surface area is 102 Å². The molecular weight excluding hydrogens is 224 g/mol. The molecule has 1 unspecified atom stereocenters. The fraction of sp³-hybridized carbons (Fsp3) is 0.818. The first-order valence-corrected chi connectivity index (χ1v) is 6.48. The normalized spacial score (nSPS) is 22.5. The third-order valence-corrected chi connectivity index (χ3v) is 3.61. The molecule has 16 heavy (non-hydrogen) atoms. The van der Waals surface area contributed by atoms with Crippen LogP contribution in [0.5, 0.6) is 0 Å². The average Bonchev–Trinajstić information content (AvgIpc) is 2.76. The Bertz CT molecular complexity index is 326. The van der Waals surface area contributed by atoms with Gasteiger partial charge in [-0.2, -0.15) is 0 Å². The van der Waals surface area contributed by atoms with E-state index in [2.05, 4.69) is 22.3 Å². The predicted molar refractivity (Wildman–Crippen MR) is 64.5 cm³/mol. The number of hydrogen-bond acceptors (Lipinski definition) is 3. The second-order valence-corrected chi connectivity index (χ2v) is 4.79. The van der Waals surface area contributed by atoms with E-state index < -0.39 is 0 Å². The van der Waals surface area contributed by atoms with Crippen LogP contribution in [0.15, 0.2) is 6.20 Å². The molecule has 4 nitrogen and oxygen atoms in total. The van der Waals surface area contributed by atoms with Gasteiger partial charge in [0, 0.05) is 18.8 Å². The number of alkyl halides is 1. The lowest BCUT2D eigenvalue weighted by Gasteiger charge is -2.32. The Kier molecular flexibility index (Phi) is 4.18. The van der Waals surface area contributed by atoms with Gasteiger partial charge in [0.05, 0.1) is 11.6 Å². The monoisotopic (exact) mass is 242 g/mol. The molecule has 1 saturated heterocycles. The minimum Gasteiger partial charge on any atom is -0.303 e. The maximum absolute atomic E-state index is 5.69. The first-order valence-electron chi connectivity index (χ1n) is 5.95. The molecule has 0 aromatic carbocycles. The van der Waals surface area contributed by atoms with Gasteiger partial charge in [-0.25, -0.2) is 0 Å². The molecule has 1 aliphatic rings. The molecule has 1 aromatic heterocycles. The van der Waals surface area contributed by atoms with Crippen molar-refractivity contribution in [3.05, 3.63) is 11.9 Å². The minimum absolute atomic E-state index is 0.448. The zero-order chi connectivity index (χ0) is 11.4. The molecule has 0 aliphatic carbocycles. The van der Waals surface area contributed by atoms with Crippen LogP contribution < -0.4 is 0 Å². The van der Waals surface area contributed by atoms with E-state index in [1.54, 1.807) is 0 Å². The van der Waals surface area contributed by atoms with Crippen molar-refractivity contribution in [1.29, 1.82) is 0 Å². The fourth-order valence-electron chi connectivity index (χ4n) is 2.30. The first kappa shape index (κ1) is 11.9. The van der Waals surface area contributed by atoms with E-state index in [1.807, 2.05) is 10.9 Å². The van der Waals surface area contributed by atoms with Crippen molar-refractivity contribution in [3.8, 4) is 0 Å². The van der Waals surface area contributed by atoms with Gasteiger partial charge < -0.3 is 4.90 Å². The van der Waals surface area contributed by atoms with Gasteiger partial charge in [0.2, 0.25) is 0 Å². The summed E-state index contributed by atoms with van der Waals surface area (Å²) in [5.74, 6) is 0.448. The van der Waals surface area contributed by atoms with Crippen LogP contribution in [0.25, 0.3) is 0 Å². The standard InChI is InChI=1S/C11H19ClN4/c1-15-6-3-2-4-11(15)5-7-16-9-10(8-12)13-14-16/h9,11H,2-8H2,1H3. The van der Waals surface area contributed by atoms with Crippen LogP contribution in [0.1, 0.15) is 31.4 Å². The number of likely N-dealkylation sites (tertiary alicyclic amines) is 1. The lowest BCUT2D eigenvalue weighted by Crippen LogP contribution is -2.36. The van der Waals surface area contributed by atoms with Crippen LogP contribution in [0.4, 0.5) is 0 Å². The summed E-state index contributed by atoms with van der Waals surface area (Å²) in [6.45, 7) is 2.17. The quantitative estimate of drug-likeness (QED) is 0.757. The topological polar surface area (TPSA) is 34.0 Å². The van der Waals surface area contributed by atoms with E-state index in [1.165, 1.54) is 25.8 Å². The highest BCUT2D eigenvalue weighted by Gasteiger charge is 2.18. The van der Waals surface area contributed by atoms with Crippen LogP contribution >= 0.6 is 11.6 Å². The molecule has 0 bridgehead atoms. The molecule has 0 saturated carbocycles. The Balaban J connectivity index is 1.81. The molecule has 1 atom stereocenters. The van der Waals surface area contributed by atoms with Crippen LogP contribution in [0.2, 0.25) is 0 Å². The number of rotatable bonds is 4. The highest BCUT2D eigenvalue weighted by atomic mass is 35.5. The van der Waals surface area contributed by atoms with Crippen molar-refractivity contribution in [2.24, 2.45) is 0 Å². The molecule has 2 rings (SSSR count). The molecule has 5 heteroatoms. The lowest BCUT2D eigenvalue weighted by atomic mass is 10.0. The van der Waals surface area contributed by atoms with Gasteiger partial charge in [-0.1, -0.05) is 11.6 Å². The first-order chi connectivity index (χ1) is 7.79. The molecule has 1 fully saturated rings. The maximum Gasteiger partial charge on any atom is 0.0974 e. The predicted octanol–water partition coefficient (Wildman–Crippen LogP) is 1.89. The summed E-state index contributed by atoms with van der Waals surface area (Å²) in [6.07, 6.45) is 7.11. The lowest BCUT2D eigenvalue weighted by molar-refractivity contribution is 0.169. The van der Waals surface area contributed by atoms with Crippen LogP contribution in [0, 0.1) is 0 Å². The van der Waals surface area contributed by atoms with Crippen molar-refractivity contribution >= 4 is 11.6 Å². The summed E-state index contributed by atoms with van der Waals surface area (Å²) in [5, 5.41) is 8.05. The third kappa shape index (κ3) is 2.95. The highest BCUT2D eigenvalue weighted by Crippen LogP contribution is 2.18. The molecule has 1 aromatic rings. The molecular formula is C11H19ClN4. The summed E-state index contributed by atoms with van der Waals surface area (Å²) in [6, 6.07) is 0.706. The van der Waals surface area contributed by atoms with E-state index in [9.17, 15) is 0 Å². The number of piperidine rings is 1. The van der Waals surface area contributed by atoms with Gasteiger partial charge in [-0.3, -0.25) is 4.68 Å². The molecule has 0 amide bonds. The highest BCUT2D eigenvalue weighted by molar-refractivity contribution is 6.16. The Morgan fingerprint density at radius 1 is 1.50 bits per heavy atom. The zero-order valence-corrected chi connectivity index (χ0v) is 10.5. The average molecular weight is 243 g/mol. The molecule has 2 heterocycles. The SMILES string of the molecule is CN1CCCCC1CCn1cc(CCl)nn1. The van der Waals surface area contributed by atoms with Gasteiger partial charge in [-0.15, -0.1) is 16.7 Å². The summed E-state index contributed by atoms with van der Waals surface area (Å²) in [4.78, 5) is 2.46. The van der Waals surface area contributed by atoms with Crippen molar-refractivity contribution in [1.82, 2.24) is 19.9 Å². The van der Waals surface area contributed by atoms with Gasteiger partial charge in [-0.05, 0) is 32.9 Å². The van der Waals surface area contributed by atoms with E-state index in [0.29, 0.717) is 11.9 Å². The van der Waals surface area contributed by atoms with E-state index in [-0.39, 0.29) is 0 Å². The Hall–Kier alpha value is -0.610. The van der Waals surface area contributed by atoms with Gasteiger partial charge in [0.15, 0.2) is 0 Å². The third-order valence-electron chi connectivity index (χ3n) is 3.34. The van der Waals surface area contributed by atoms with E-state index in [4.69, 9.17) is 11.6 Å². The number of nitrogens with zero attached hydrogens (tertiary/aromatic N) is 4. The number of aryl methyl sites for hydroxylation is 1. The molecule has 90 valence electrons. The summed E-state index contributed by atoms with van der Waals surface area (Å²) in [5.41, 5.74) is 0.860. The van der Waals surface area contributed by atoms with Crippen LogP contribution in [-0.4, -0.2) is 39.5 Å². The molecule has 0 N–H and O–H groups in total. The Morgan fingerprint density at radius 2 is 2.38 bits per heavy atom. The molecule has 0 radical (unpaired) electrons. The molecule has 0 spiro atoms. The second-order valence-electron chi connectivity index (χ2n) is 4.53. The van der Waals surface area contributed by atoms with Gasteiger partial charge in [0.1, 0.15) is 0 Å². The number of aromatic nitrogens is 3. The fourth-order valence-corrected chi connectivity index (χ4v) is 2.42. The van der Waals surface area contributed by atoms with Crippen molar-refractivity contribution in [3.63, 3.8) is 0 Å². The zero-order valence-electron chi connectivity index (χ0n) is 9.77. The van der Waals surface area contributed by atoms with Crippen molar-refractivity contribution in [2.75, 3.05) is 13.6 Å². The van der Waals surface area contributed by atoms with Crippen LogP contribution in [-0.2, 0) is 12.4 Å². The summed E-state index contributed by atoms with van der Waals surface area (Å²) < 4.78 is 1.90. The van der Waals surface area contributed by atoms with E-state index >= 15 is 0 Å². The second kappa shape index (κ2) is 5.64. The van der Waals surface area contributed by atoms with E-state index in [0.717, 1.165) is 18.7 Å². The summed E-state index contributed by atoms with van der Waals surface area (Å²) >= 11 is 5.69. The Morgan fingerprint density at radius 3 is 3.06 bits per heavy atom. The van der Waals surface area contributed by atoms with Crippen molar-refractivity contribution in [2.45, 2.75) is 44.1 Å². The smallest absolute Gasteiger partial charge is 0.0974 e. The van der Waals surface area contributed by atoms with Crippen LogP contribution in [0.3, 0.4) is 0 Å². The van der Waals surface area contributed by atoms with Gasteiger partial charge >= 0.3 is 0 Å². The van der Waals surface area contributed by atoms with Crippen molar-refractivity contribution < 1.29 is 0 Å². The van der Waals surface area contributed by atoms with Gasteiger partial charge in [0.25, 0.3) is 0 Å². The summed E-state index contributed by atoms with van der Waals surface area (Å²) in [7, 11) is 2.22. The number of halogens is 1. The molecule has 1 aliphatic heterocycles. The largest absolute Gasteiger partial charge is 0.303 e. The minimum atomic E-state index is 0.448. The maximum atomic E-state index is 5.69. The number of hydrogen-bond donors (Lipinski definition) is 0.